The first-order valence-electron chi connectivity index (χ1n) is 7.94. The molecule has 0 saturated carbocycles. The average molecular weight is 406 g/mol. The summed E-state index contributed by atoms with van der Waals surface area (Å²) in [6.07, 6.45) is -2.95. The highest BCUT2D eigenvalue weighted by molar-refractivity contribution is 7.99. The largest absolute Gasteiger partial charge is 0.431 e. The molecule has 27 heavy (non-hydrogen) atoms. The lowest BCUT2D eigenvalue weighted by Crippen LogP contribution is -2.36. The third kappa shape index (κ3) is 3.09. The number of alkyl halides is 5. The van der Waals surface area contributed by atoms with Gasteiger partial charge in [0.05, 0.1) is 12.1 Å². The number of rotatable bonds is 2. The summed E-state index contributed by atoms with van der Waals surface area (Å²) in [7, 11) is 0. The lowest BCUT2D eigenvalue weighted by atomic mass is 9.87. The Morgan fingerprint density at radius 3 is 2.74 bits per heavy atom. The maximum atomic E-state index is 14.2. The van der Waals surface area contributed by atoms with Gasteiger partial charge in [0.1, 0.15) is 11.4 Å². The van der Waals surface area contributed by atoms with Crippen molar-refractivity contribution in [2.45, 2.75) is 29.6 Å². The normalized spacial score (nSPS) is 24.4. The van der Waals surface area contributed by atoms with E-state index in [1.54, 1.807) is 6.07 Å². The van der Waals surface area contributed by atoms with Crippen molar-refractivity contribution in [2.24, 2.45) is 4.99 Å². The summed E-state index contributed by atoms with van der Waals surface area (Å²) in [6, 6.07) is 4.47. The van der Waals surface area contributed by atoms with Gasteiger partial charge in [0.25, 0.3) is 0 Å². The molecule has 0 amide bonds. The van der Waals surface area contributed by atoms with Gasteiger partial charge in [-0.05, 0) is 24.1 Å². The summed E-state index contributed by atoms with van der Waals surface area (Å²) in [4.78, 5) is 6.00. The molecule has 0 fully saturated rings. The Labute approximate surface area is 154 Å². The minimum Gasteiger partial charge on any atom is -0.431 e. The van der Waals surface area contributed by atoms with Crippen molar-refractivity contribution >= 4 is 17.6 Å². The van der Waals surface area contributed by atoms with E-state index in [0.29, 0.717) is 28.7 Å². The Hall–Kier alpha value is -2.10. The van der Waals surface area contributed by atoms with Crippen molar-refractivity contribution in [3.05, 3.63) is 53.2 Å². The van der Waals surface area contributed by atoms with Crippen molar-refractivity contribution < 1.29 is 31.1 Å². The molecular weight excluding hydrogens is 394 g/mol. The van der Waals surface area contributed by atoms with Gasteiger partial charge in [0.15, 0.2) is 11.6 Å². The molecule has 0 aliphatic carbocycles. The molecule has 3 nitrogen and oxygen atoms in total. The third-order valence-corrected chi connectivity index (χ3v) is 5.71. The molecule has 1 aromatic rings. The average Bonchev–Trinajstić information content (AvgIpc) is 2.94. The Morgan fingerprint density at radius 2 is 2.04 bits per heavy atom. The van der Waals surface area contributed by atoms with Gasteiger partial charge in [0, 0.05) is 16.8 Å². The molecule has 3 heterocycles. The summed E-state index contributed by atoms with van der Waals surface area (Å²) in [6.45, 7) is -3.31. The monoisotopic (exact) mass is 406 g/mol. The number of thioether (sulfide) groups is 1. The van der Waals surface area contributed by atoms with Crippen LogP contribution in [0.2, 0.25) is 0 Å². The lowest BCUT2D eigenvalue weighted by Gasteiger charge is -2.33. The number of hydrogen-bond donors (Lipinski definition) is 0. The molecule has 1 spiro atoms. The van der Waals surface area contributed by atoms with E-state index in [1.807, 2.05) is 0 Å². The second kappa shape index (κ2) is 6.22. The summed E-state index contributed by atoms with van der Waals surface area (Å²) in [5.41, 5.74) is -1.59. The zero-order valence-corrected chi connectivity index (χ0v) is 14.4. The molecule has 1 aromatic carbocycles. The van der Waals surface area contributed by atoms with Gasteiger partial charge in [-0.3, -0.25) is 4.99 Å². The Morgan fingerprint density at radius 1 is 1.26 bits per heavy atom. The molecule has 3 aliphatic heterocycles. The van der Waals surface area contributed by atoms with E-state index in [2.05, 4.69) is 9.73 Å². The minimum atomic E-state index is -4.73. The van der Waals surface area contributed by atoms with Crippen molar-refractivity contribution in [3.63, 3.8) is 0 Å². The number of hydrogen-bond acceptors (Lipinski definition) is 4. The molecule has 0 saturated heterocycles. The number of halogens is 6. The second-order valence-corrected chi connectivity index (χ2v) is 7.38. The van der Waals surface area contributed by atoms with Gasteiger partial charge in [-0.2, -0.15) is 22.0 Å². The standard InChI is InChI=1S/C17H12F6N2OS/c18-11-3-1-2-10-13(11)27-5-4-16(10)8-25-7-9(17(21,22)23)6-12(14(25)24-16)26-15(19)20/h1-3,6-7,15H,4-5,8H2/t16-/m1/s1. The van der Waals surface area contributed by atoms with Crippen molar-refractivity contribution in [3.8, 4) is 0 Å². The van der Waals surface area contributed by atoms with Gasteiger partial charge in [0.2, 0.25) is 0 Å². The van der Waals surface area contributed by atoms with Crippen LogP contribution in [0.1, 0.15) is 12.0 Å². The van der Waals surface area contributed by atoms with Gasteiger partial charge >= 0.3 is 12.8 Å². The Kier molecular flexibility index (Phi) is 4.21. The Balaban J connectivity index is 1.82. The van der Waals surface area contributed by atoms with Crippen LogP contribution < -0.4 is 0 Å². The highest BCUT2D eigenvalue weighted by atomic mass is 32.2. The Bertz CT molecular complexity index is 879. The van der Waals surface area contributed by atoms with Crippen LogP contribution in [0.3, 0.4) is 0 Å². The SMILES string of the molecule is Fc1cccc2c1SCC[C@@]21CN2C=C(C(F)(F)F)C=C(OC(F)F)C2=N1. The fourth-order valence-electron chi connectivity index (χ4n) is 3.47. The smallest absolute Gasteiger partial charge is 0.417 e. The zero-order valence-electron chi connectivity index (χ0n) is 13.6. The van der Waals surface area contributed by atoms with Crippen LogP contribution >= 0.6 is 11.8 Å². The first kappa shape index (κ1) is 18.3. The van der Waals surface area contributed by atoms with E-state index in [1.165, 1.54) is 23.9 Å². The topological polar surface area (TPSA) is 24.8 Å². The highest BCUT2D eigenvalue weighted by Gasteiger charge is 2.48. The van der Waals surface area contributed by atoms with Gasteiger partial charge in [-0.1, -0.05) is 12.1 Å². The molecule has 3 aliphatic rings. The number of amidine groups is 1. The first-order valence-corrected chi connectivity index (χ1v) is 8.92. The number of ether oxygens (including phenoxy) is 1. The van der Waals surface area contributed by atoms with E-state index in [9.17, 15) is 26.3 Å². The molecule has 10 heteroatoms. The number of aliphatic imine (C=N–C) groups is 1. The number of allylic oxidation sites excluding steroid dienone is 2. The predicted octanol–water partition coefficient (Wildman–Crippen LogP) is 4.81. The minimum absolute atomic E-state index is 0.0110. The predicted molar refractivity (Wildman–Crippen MR) is 86.9 cm³/mol. The van der Waals surface area contributed by atoms with Crippen LogP contribution in [0.25, 0.3) is 0 Å². The van der Waals surface area contributed by atoms with Crippen molar-refractivity contribution in [1.29, 1.82) is 0 Å². The molecular formula is C17H12F6N2OS. The molecule has 144 valence electrons. The zero-order chi connectivity index (χ0) is 19.4. The van der Waals surface area contributed by atoms with Gasteiger partial charge in [-0.15, -0.1) is 11.8 Å². The van der Waals surface area contributed by atoms with Crippen LogP contribution in [0.5, 0.6) is 0 Å². The van der Waals surface area contributed by atoms with Crippen LogP contribution in [0, 0.1) is 5.82 Å². The molecule has 0 aromatic heterocycles. The van der Waals surface area contributed by atoms with E-state index in [4.69, 9.17) is 0 Å². The number of nitrogens with zero attached hydrogens (tertiary/aromatic N) is 2. The van der Waals surface area contributed by atoms with E-state index >= 15 is 0 Å². The summed E-state index contributed by atoms with van der Waals surface area (Å²) >= 11 is 1.30. The second-order valence-electron chi connectivity index (χ2n) is 6.28. The van der Waals surface area contributed by atoms with Crippen LogP contribution in [-0.2, 0) is 10.3 Å². The molecule has 0 bridgehead atoms. The molecule has 0 N–H and O–H groups in total. The van der Waals surface area contributed by atoms with Crippen LogP contribution in [-0.4, -0.2) is 35.8 Å². The van der Waals surface area contributed by atoms with E-state index in [0.717, 1.165) is 11.1 Å². The van der Waals surface area contributed by atoms with Crippen LogP contribution in [0.4, 0.5) is 26.3 Å². The first-order chi connectivity index (χ1) is 12.7. The quantitative estimate of drug-likeness (QED) is 0.659. The third-order valence-electron chi connectivity index (χ3n) is 4.60. The molecule has 4 rings (SSSR count). The van der Waals surface area contributed by atoms with Gasteiger partial charge in [-0.25, -0.2) is 4.39 Å². The number of benzene rings is 1. The molecule has 0 radical (unpaired) electrons. The fourth-order valence-corrected chi connectivity index (χ4v) is 4.73. The van der Waals surface area contributed by atoms with Crippen LogP contribution in [0.15, 0.2) is 51.7 Å². The van der Waals surface area contributed by atoms with E-state index < -0.39 is 35.5 Å². The summed E-state index contributed by atoms with van der Waals surface area (Å²) in [5.74, 6) is -0.686. The lowest BCUT2D eigenvalue weighted by molar-refractivity contribution is -0.0981. The van der Waals surface area contributed by atoms with Gasteiger partial charge < -0.3 is 9.64 Å². The maximum Gasteiger partial charge on any atom is 0.417 e. The van der Waals surface area contributed by atoms with Crippen molar-refractivity contribution in [2.75, 3.05) is 12.3 Å². The molecule has 0 unspecified atom stereocenters. The fraction of sp³-hybridized carbons (Fsp3) is 0.353. The summed E-state index contributed by atoms with van der Waals surface area (Å²) in [5, 5.41) is 0. The maximum absolute atomic E-state index is 14.2. The van der Waals surface area contributed by atoms with E-state index in [-0.39, 0.29) is 12.4 Å². The van der Waals surface area contributed by atoms with Crippen molar-refractivity contribution in [1.82, 2.24) is 4.90 Å². The summed E-state index contributed by atoms with van der Waals surface area (Å²) < 4.78 is 83.4. The highest BCUT2D eigenvalue weighted by Crippen LogP contribution is 2.48. The number of fused-ring (bicyclic) bond motifs is 3. The molecule has 1 atom stereocenters.